The predicted octanol–water partition coefficient (Wildman–Crippen LogP) is 3.81. The minimum Gasteiger partial charge on any atom is -0.372 e. The molecular formula is C18H21N3OS. The Balaban J connectivity index is 1.29. The molecule has 0 aliphatic carbocycles. The molecule has 0 radical (unpaired) electrons. The molecule has 1 aromatic carbocycles. The summed E-state index contributed by atoms with van der Waals surface area (Å²) in [4.78, 5) is 9.71. The van der Waals surface area contributed by atoms with Crippen molar-refractivity contribution in [2.24, 2.45) is 0 Å². The maximum atomic E-state index is 5.97. The van der Waals surface area contributed by atoms with Gasteiger partial charge in [0.15, 0.2) is 0 Å². The fourth-order valence-electron chi connectivity index (χ4n) is 3.20. The summed E-state index contributed by atoms with van der Waals surface area (Å²) in [5, 5.41) is 3.72. The molecule has 0 saturated carbocycles. The molecule has 0 amide bonds. The van der Waals surface area contributed by atoms with E-state index in [1.165, 1.54) is 15.6 Å². The number of likely N-dealkylation sites (tertiary alicyclic amines) is 1. The highest BCUT2D eigenvalue weighted by Gasteiger charge is 2.20. The highest BCUT2D eigenvalue weighted by Crippen LogP contribution is 2.27. The first-order valence-electron chi connectivity index (χ1n) is 8.15. The van der Waals surface area contributed by atoms with Crippen LogP contribution in [0.15, 0.2) is 42.2 Å². The van der Waals surface area contributed by atoms with E-state index in [1.807, 2.05) is 17.5 Å². The molecule has 2 aromatic heterocycles. The number of aromatic nitrogens is 2. The van der Waals surface area contributed by atoms with E-state index in [4.69, 9.17) is 4.74 Å². The Morgan fingerprint density at radius 2 is 2.13 bits per heavy atom. The normalized spacial score (nSPS) is 17.0. The molecule has 4 rings (SSSR count). The summed E-state index contributed by atoms with van der Waals surface area (Å²) >= 11 is 1.85. The monoisotopic (exact) mass is 327 g/mol. The van der Waals surface area contributed by atoms with E-state index in [-0.39, 0.29) is 0 Å². The van der Waals surface area contributed by atoms with Crippen LogP contribution in [0.25, 0.3) is 10.1 Å². The third-order valence-corrected chi connectivity index (χ3v) is 5.52. The molecule has 5 heteroatoms. The van der Waals surface area contributed by atoms with E-state index in [0.29, 0.717) is 12.7 Å². The van der Waals surface area contributed by atoms with Gasteiger partial charge in [0.25, 0.3) is 0 Å². The Hall–Kier alpha value is -1.69. The molecule has 1 aliphatic heterocycles. The van der Waals surface area contributed by atoms with Gasteiger partial charge in [0.1, 0.15) is 0 Å². The molecule has 0 unspecified atom stereocenters. The summed E-state index contributed by atoms with van der Waals surface area (Å²) in [6.07, 6.45) is 6.17. The van der Waals surface area contributed by atoms with Gasteiger partial charge in [0, 0.05) is 30.5 Å². The second-order valence-corrected chi connectivity index (χ2v) is 7.02. The van der Waals surface area contributed by atoms with Gasteiger partial charge in [-0.05, 0) is 35.2 Å². The van der Waals surface area contributed by atoms with E-state index in [2.05, 4.69) is 44.5 Å². The second kappa shape index (κ2) is 6.83. The van der Waals surface area contributed by atoms with E-state index in [1.54, 1.807) is 6.33 Å². The van der Waals surface area contributed by atoms with Crippen molar-refractivity contribution in [1.82, 2.24) is 14.9 Å². The van der Waals surface area contributed by atoms with Crippen molar-refractivity contribution in [3.8, 4) is 0 Å². The lowest BCUT2D eigenvalue weighted by Crippen LogP contribution is -2.36. The lowest BCUT2D eigenvalue weighted by Gasteiger charge is -2.31. The molecule has 4 nitrogen and oxygen atoms in total. The van der Waals surface area contributed by atoms with Gasteiger partial charge in [-0.2, -0.15) is 0 Å². The number of nitrogens with one attached hydrogen (secondary N) is 1. The number of H-pyrrole nitrogens is 1. The van der Waals surface area contributed by atoms with Crippen molar-refractivity contribution in [3.63, 3.8) is 0 Å². The highest BCUT2D eigenvalue weighted by atomic mass is 32.1. The van der Waals surface area contributed by atoms with Gasteiger partial charge < -0.3 is 9.72 Å². The van der Waals surface area contributed by atoms with Gasteiger partial charge in [-0.25, -0.2) is 4.98 Å². The first kappa shape index (κ1) is 14.9. The number of nitrogens with zero attached hydrogens (tertiary/aromatic N) is 2. The quantitative estimate of drug-likeness (QED) is 0.775. The number of aromatic amines is 1. The third-order valence-electron chi connectivity index (χ3n) is 4.51. The molecule has 1 saturated heterocycles. The maximum Gasteiger partial charge on any atom is 0.0924 e. The number of rotatable bonds is 5. The summed E-state index contributed by atoms with van der Waals surface area (Å²) in [7, 11) is 0. The number of fused-ring (bicyclic) bond motifs is 1. The summed E-state index contributed by atoms with van der Waals surface area (Å²) in [6.45, 7) is 3.88. The summed E-state index contributed by atoms with van der Waals surface area (Å²) in [6, 6.07) is 8.69. The van der Waals surface area contributed by atoms with Crippen LogP contribution in [0.3, 0.4) is 0 Å². The van der Waals surface area contributed by atoms with E-state index < -0.39 is 0 Å². The van der Waals surface area contributed by atoms with Crippen LogP contribution in [-0.2, 0) is 17.9 Å². The van der Waals surface area contributed by atoms with Gasteiger partial charge in [0.2, 0.25) is 0 Å². The fraction of sp³-hybridized carbons (Fsp3) is 0.389. The first-order valence-corrected chi connectivity index (χ1v) is 9.03. The third kappa shape index (κ3) is 3.47. The standard InChI is InChI=1S/C18H21N3OS/c1-2-4-18-17(3-1)14(12-23-18)10-21-7-5-16(6-8-21)22-11-15-9-19-13-20-15/h1-4,9,12-13,16H,5-8,10-11H2,(H,19,20). The van der Waals surface area contributed by atoms with Crippen LogP contribution in [0.1, 0.15) is 24.1 Å². The van der Waals surface area contributed by atoms with E-state index in [0.717, 1.165) is 38.2 Å². The molecule has 3 heterocycles. The van der Waals surface area contributed by atoms with Crippen LogP contribution in [0.2, 0.25) is 0 Å². The van der Waals surface area contributed by atoms with Gasteiger partial charge in [-0.15, -0.1) is 11.3 Å². The molecule has 1 N–H and O–H groups in total. The Bertz CT molecular complexity index is 745. The number of piperidine rings is 1. The van der Waals surface area contributed by atoms with Gasteiger partial charge in [0.05, 0.1) is 24.7 Å². The minimum atomic E-state index is 0.363. The van der Waals surface area contributed by atoms with Crippen molar-refractivity contribution in [3.05, 3.63) is 53.4 Å². The summed E-state index contributed by atoms with van der Waals surface area (Å²) in [5.41, 5.74) is 2.44. The fourth-order valence-corrected chi connectivity index (χ4v) is 4.16. The van der Waals surface area contributed by atoms with Crippen LogP contribution >= 0.6 is 11.3 Å². The number of hydrogen-bond donors (Lipinski definition) is 1. The molecular weight excluding hydrogens is 306 g/mol. The van der Waals surface area contributed by atoms with Gasteiger partial charge in [-0.1, -0.05) is 18.2 Å². The number of thiophene rings is 1. The average molecular weight is 327 g/mol. The Labute approximate surface area is 140 Å². The lowest BCUT2D eigenvalue weighted by atomic mass is 10.1. The summed E-state index contributed by atoms with van der Waals surface area (Å²) < 4.78 is 7.36. The molecule has 0 atom stereocenters. The van der Waals surface area contributed by atoms with Crippen LogP contribution in [0.4, 0.5) is 0 Å². The van der Waals surface area contributed by atoms with Crippen molar-refractivity contribution < 1.29 is 4.74 Å². The SMILES string of the molecule is c1ccc2c(CN3CCC(OCc4c[nH]cn4)CC3)csc2c1. The molecule has 0 spiro atoms. The molecule has 3 aromatic rings. The zero-order chi connectivity index (χ0) is 15.5. The Morgan fingerprint density at radius 3 is 2.96 bits per heavy atom. The van der Waals surface area contributed by atoms with Crippen molar-refractivity contribution in [1.29, 1.82) is 0 Å². The average Bonchev–Trinajstić information content (AvgIpc) is 3.25. The van der Waals surface area contributed by atoms with Crippen molar-refractivity contribution in [2.45, 2.75) is 32.1 Å². The topological polar surface area (TPSA) is 41.1 Å². The molecule has 1 aliphatic rings. The largest absolute Gasteiger partial charge is 0.372 e. The predicted molar refractivity (Wildman–Crippen MR) is 93.5 cm³/mol. The van der Waals surface area contributed by atoms with Crippen molar-refractivity contribution >= 4 is 21.4 Å². The second-order valence-electron chi connectivity index (χ2n) is 6.10. The molecule has 1 fully saturated rings. The van der Waals surface area contributed by atoms with Crippen LogP contribution in [-0.4, -0.2) is 34.1 Å². The maximum absolute atomic E-state index is 5.97. The number of imidazole rings is 1. The number of benzene rings is 1. The minimum absolute atomic E-state index is 0.363. The van der Waals surface area contributed by atoms with Crippen LogP contribution < -0.4 is 0 Å². The van der Waals surface area contributed by atoms with Crippen LogP contribution in [0, 0.1) is 0 Å². The lowest BCUT2D eigenvalue weighted by molar-refractivity contribution is -0.00502. The van der Waals surface area contributed by atoms with Gasteiger partial charge in [-0.3, -0.25) is 4.90 Å². The number of ether oxygens (including phenoxy) is 1. The Morgan fingerprint density at radius 1 is 1.26 bits per heavy atom. The summed E-state index contributed by atoms with van der Waals surface area (Å²) in [5.74, 6) is 0. The van der Waals surface area contributed by atoms with E-state index >= 15 is 0 Å². The molecule has 0 bridgehead atoms. The molecule has 120 valence electrons. The zero-order valence-electron chi connectivity index (χ0n) is 13.1. The smallest absolute Gasteiger partial charge is 0.0924 e. The number of hydrogen-bond acceptors (Lipinski definition) is 4. The highest BCUT2D eigenvalue weighted by molar-refractivity contribution is 7.17. The Kier molecular flexibility index (Phi) is 4.41. The van der Waals surface area contributed by atoms with Gasteiger partial charge >= 0.3 is 0 Å². The first-order chi connectivity index (χ1) is 11.4. The van der Waals surface area contributed by atoms with E-state index in [9.17, 15) is 0 Å². The van der Waals surface area contributed by atoms with Crippen molar-refractivity contribution in [2.75, 3.05) is 13.1 Å². The molecule has 23 heavy (non-hydrogen) atoms. The van der Waals surface area contributed by atoms with Crippen LogP contribution in [0.5, 0.6) is 0 Å². The zero-order valence-corrected chi connectivity index (χ0v) is 13.9.